The normalized spacial score (nSPS) is 12.9. The highest BCUT2D eigenvalue weighted by atomic mass is 15.2. The van der Waals surface area contributed by atoms with Crippen molar-refractivity contribution in [3.8, 4) is 0 Å². The van der Waals surface area contributed by atoms with Gasteiger partial charge in [0.1, 0.15) is 0 Å². The first kappa shape index (κ1) is 41.1. The molecule has 0 aromatic heterocycles. The summed E-state index contributed by atoms with van der Waals surface area (Å²) in [6.07, 6.45) is 0. The summed E-state index contributed by atoms with van der Waals surface area (Å²) in [7, 11) is 0. The topological polar surface area (TPSA) is 13.0 Å². The van der Waals surface area contributed by atoms with Crippen molar-refractivity contribution in [1.82, 2.24) is 0 Å². The van der Waals surface area contributed by atoms with E-state index in [1.165, 1.54) is 43.4 Å². The Labute approximate surface area is 399 Å². The lowest BCUT2D eigenvalue weighted by Crippen LogP contribution is -2.15. The van der Waals surface area contributed by atoms with Crippen LogP contribution in [0.15, 0.2) is 231 Å². The van der Waals surface area contributed by atoms with Crippen LogP contribution in [0.3, 0.4) is 0 Å². The molecule has 2 heterocycles. The van der Waals surface area contributed by atoms with Crippen molar-refractivity contribution < 1.29 is 0 Å². The highest BCUT2D eigenvalue weighted by Gasteiger charge is 2.27. The standard InChI is InChI=1S/C64H52N4/c1-43(2)59-41-61-57-38-36-56-60(44(3)4)42-62(58-37-35-55(59)63(57)64(56)58)68(48-25-15-8-16-26-48)54-30-18-28-52(40-54)66(46-21-11-6-12-22-46)50-33-31-49(32-34-50)65(45-19-9-5-10-20-45)51-27-17-29-53(39-51)67(61)47-23-13-7-14-24-47/h5-44H,1-4H3. The van der Waals surface area contributed by atoms with Gasteiger partial charge in [0.15, 0.2) is 0 Å². The van der Waals surface area contributed by atoms with Gasteiger partial charge >= 0.3 is 0 Å². The van der Waals surface area contributed by atoms with Gasteiger partial charge in [-0.05, 0) is 166 Å². The van der Waals surface area contributed by atoms with Gasteiger partial charge in [-0.25, -0.2) is 0 Å². The number of nitrogens with zero attached hydrogens (tertiary/aromatic N) is 4. The number of anilines is 12. The summed E-state index contributed by atoms with van der Waals surface area (Å²) in [6, 6.07) is 85.0. The smallest absolute Gasteiger partial charge is 0.0543 e. The van der Waals surface area contributed by atoms with Crippen LogP contribution in [0.5, 0.6) is 0 Å². The molecule has 0 spiro atoms. The Hall–Kier alpha value is -8.34. The Morgan fingerprint density at radius 1 is 0.235 bits per heavy atom. The minimum atomic E-state index is 0.268. The maximum Gasteiger partial charge on any atom is 0.0543 e. The zero-order chi connectivity index (χ0) is 45.9. The van der Waals surface area contributed by atoms with Gasteiger partial charge in [0.05, 0.1) is 11.4 Å². The van der Waals surface area contributed by atoms with E-state index >= 15 is 0 Å². The van der Waals surface area contributed by atoms with Gasteiger partial charge in [-0.3, -0.25) is 0 Å². The van der Waals surface area contributed by atoms with Gasteiger partial charge in [0.25, 0.3) is 0 Å². The van der Waals surface area contributed by atoms with Gasteiger partial charge in [-0.1, -0.05) is 137 Å². The first-order valence-electron chi connectivity index (χ1n) is 23.9. The van der Waals surface area contributed by atoms with Gasteiger partial charge in [-0.15, -0.1) is 0 Å². The largest absolute Gasteiger partial charge is 0.310 e. The summed E-state index contributed by atoms with van der Waals surface area (Å²) >= 11 is 0. The van der Waals surface area contributed by atoms with E-state index in [9.17, 15) is 0 Å². The fourth-order valence-electron chi connectivity index (χ4n) is 10.7. The maximum absolute atomic E-state index is 2.48. The number of fused-ring (bicyclic) bond motifs is 2. The predicted molar refractivity (Wildman–Crippen MR) is 291 cm³/mol. The molecule has 0 atom stereocenters. The van der Waals surface area contributed by atoms with E-state index in [-0.39, 0.29) is 11.8 Å². The van der Waals surface area contributed by atoms with E-state index < -0.39 is 0 Å². The molecule has 328 valence electrons. The Bertz CT molecular complexity index is 3330. The van der Waals surface area contributed by atoms with E-state index in [2.05, 4.69) is 278 Å². The monoisotopic (exact) mass is 876 g/mol. The van der Waals surface area contributed by atoms with Crippen LogP contribution < -0.4 is 19.6 Å². The van der Waals surface area contributed by atoms with Gasteiger partial charge in [0.2, 0.25) is 0 Å². The number of hydrogen-bond donors (Lipinski definition) is 0. The Balaban J connectivity index is 1.25. The molecule has 11 aromatic carbocycles. The summed E-state index contributed by atoms with van der Waals surface area (Å²) in [5, 5.41) is 7.66. The molecule has 0 saturated heterocycles. The third-order valence-corrected chi connectivity index (χ3v) is 13.8. The van der Waals surface area contributed by atoms with Crippen molar-refractivity contribution in [3.05, 3.63) is 242 Å². The molecule has 0 radical (unpaired) electrons. The molecule has 4 heteroatoms. The molecule has 68 heavy (non-hydrogen) atoms. The number of benzene rings is 11. The van der Waals surface area contributed by atoms with E-state index in [0.29, 0.717) is 0 Å². The Morgan fingerprint density at radius 2 is 0.500 bits per heavy atom. The van der Waals surface area contributed by atoms with E-state index in [1.54, 1.807) is 0 Å². The van der Waals surface area contributed by atoms with Gasteiger partial charge in [0, 0.05) is 67.6 Å². The average molecular weight is 877 g/mol. The van der Waals surface area contributed by atoms with Gasteiger partial charge < -0.3 is 19.6 Å². The van der Waals surface area contributed by atoms with E-state index in [0.717, 1.165) is 68.2 Å². The molecule has 0 amide bonds. The second-order valence-electron chi connectivity index (χ2n) is 18.6. The fourth-order valence-corrected chi connectivity index (χ4v) is 10.7. The molecular formula is C64H52N4. The summed E-state index contributed by atoms with van der Waals surface area (Å²) in [5.74, 6) is 0.536. The quantitative estimate of drug-likeness (QED) is 0.154. The van der Waals surface area contributed by atoms with Crippen LogP contribution in [0, 0.1) is 0 Å². The lowest BCUT2D eigenvalue weighted by atomic mass is 9.84. The SMILES string of the molecule is CC(C)c1cc2c3ccc4c(C(C)C)cc(c5ccc1c3c45)N(c1ccccc1)c1cccc(c1)N(c1ccccc1)c1ccc(cc1)N(c1ccccc1)c1cccc(c1)N2c1ccccc1. The van der Waals surface area contributed by atoms with Crippen molar-refractivity contribution >= 4 is 101 Å². The van der Waals surface area contributed by atoms with Crippen molar-refractivity contribution in [2.45, 2.75) is 39.5 Å². The van der Waals surface area contributed by atoms with Crippen LogP contribution in [0.1, 0.15) is 50.7 Å². The summed E-state index contributed by atoms with van der Waals surface area (Å²) in [5.41, 5.74) is 15.8. The molecule has 0 unspecified atom stereocenters. The first-order valence-corrected chi connectivity index (χ1v) is 23.9. The fraction of sp³-hybridized carbons (Fsp3) is 0.0938. The zero-order valence-corrected chi connectivity index (χ0v) is 38.9. The van der Waals surface area contributed by atoms with Crippen LogP contribution in [0.2, 0.25) is 0 Å². The molecule has 11 aromatic rings. The third kappa shape index (κ3) is 6.91. The summed E-state index contributed by atoms with van der Waals surface area (Å²) in [6.45, 7) is 9.35. The Kier molecular flexibility index (Phi) is 10.2. The summed E-state index contributed by atoms with van der Waals surface area (Å²) < 4.78 is 0. The molecule has 0 saturated carbocycles. The molecule has 2 aliphatic heterocycles. The van der Waals surface area contributed by atoms with Crippen LogP contribution in [-0.2, 0) is 0 Å². The minimum Gasteiger partial charge on any atom is -0.310 e. The zero-order valence-electron chi connectivity index (χ0n) is 38.9. The minimum absolute atomic E-state index is 0.268. The van der Waals surface area contributed by atoms with E-state index in [4.69, 9.17) is 0 Å². The molecule has 13 rings (SSSR count). The molecule has 0 aliphatic carbocycles. The summed E-state index contributed by atoms with van der Waals surface area (Å²) in [4.78, 5) is 9.71. The third-order valence-electron chi connectivity index (χ3n) is 13.8. The Morgan fingerprint density at radius 3 is 0.824 bits per heavy atom. The van der Waals surface area contributed by atoms with Crippen LogP contribution in [-0.4, -0.2) is 0 Å². The number of rotatable bonds is 6. The second kappa shape index (κ2) is 16.8. The molecule has 2 aliphatic rings. The van der Waals surface area contributed by atoms with Crippen molar-refractivity contribution in [3.63, 3.8) is 0 Å². The van der Waals surface area contributed by atoms with Crippen molar-refractivity contribution in [2.24, 2.45) is 0 Å². The van der Waals surface area contributed by atoms with Crippen molar-refractivity contribution in [2.75, 3.05) is 19.6 Å². The number of hydrogen-bond acceptors (Lipinski definition) is 4. The number of para-hydroxylation sites is 4. The van der Waals surface area contributed by atoms with Crippen molar-refractivity contribution in [1.29, 1.82) is 0 Å². The molecule has 0 N–H and O–H groups in total. The molecule has 0 fully saturated rings. The molecule has 4 nitrogen and oxygen atoms in total. The van der Waals surface area contributed by atoms with E-state index in [1.807, 2.05) is 0 Å². The molecule has 12 bridgehead atoms. The highest BCUT2D eigenvalue weighted by Crippen LogP contribution is 2.52. The molecular weight excluding hydrogens is 825 g/mol. The van der Waals surface area contributed by atoms with Gasteiger partial charge in [-0.2, -0.15) is 0 Å². The predicted octanol–water partition coefficient (Wildman–Crippen LogP) is 19.0. The van der Waals surface area contributed by atoms with Crippen LogP contribution in [0.25, 0.3) is 32.3 Å². The first-order chi connectivity index (χ1) is 33.4. The lowest BCUT2D eigenvalue weighted by Gasteiger charge is -2.33. The van der Waals surface area contributed by atoms with Crippen LogP contribution >= 0.6 is 0 Å². The maximum atomic E-state index is 2.48. The lowest BCUT2D eigenvalue weighted by molar-refractivity contribution is 0.875. The second-order valence-corrected chi connectivity index (χ2v) is 18.6. The average Bonchev–Trinajstić information content (AvgIpc) is 3.38. The van der Waals surface area contributed by atoms with Crippen LogP contribution in [0.4, 0.5) is 68.2 Å². The highest BCUT2D eigenvalue weighted by molar-refractivity contribution is 6.29.